The molecule has 128 valence electrons. The maximum absolute atomic E-state index is 12.8. The Morgan fingerprint density at radius 3 is 2.61 bits per heavy atom. The monoisotopic (exact) mass is 337 g/mol. The molecule has 0 spiro atoms. The summed E-state index contributed by atoms with van der Waals surface area (Å²) in [5.41, 5.74) is 6.28. The number of aryl methyl sites for hydroxylation is 1. The molecule has 6 heteroatoms. The van der Waals surface area contributed by atoms with Crippen LogP contribution in [-0.2, 0) is 4.79 Å². The maximum Gasteiger partial charge on any atom is 0.264 e. The normalized spacial score (nSPS) is 21.6. The van der Waals surface area contributed by atoms with Gasteiger partial charge in [-0.25, -0.2) is 0 Å². The number of nitrogens with zero attached hydrogens (tertiary/aromatic N) is 1. The summed E-state index contributed by atoms with van der Waals surface area (Å²) in [5, 5.41) is 3.63. The number of thiophene rings is 1. The molecule has 1 aliphatic heterocycles. The second-order valence-corrected chi connectivity index (χ2v) is 8.87. The Labute approximate surface area is 142 Å². The lowest BCUT2D eigenvalue weighted by atomic mass is 9.90. The van der Waals surface area contributed by atoms with Crippen molar-refractivity contribution in [1.82, 2.24) is 4.90 Å². The minimum atomic E-state index is -0.458. The summed E-state index contributed by atoms with van der Waals surface area (Å²) in [6, 6.07) is 1.87. The predicted octanol–water partition coefficient (Wildman–Crippen LogP) is 2.85. The van der Waals surface area contributed by atoms with Crippen molar-refractivity contribution >= 4 is 28.2 Å². The number of hydrogen-bond acceptors (Lipinski definition) is 4. The van der Waals surface area contributed by atoms with E-state index in [0.717, 1.165) is 23.5 Å². The number of carbonyl (C=O) groups is 2. The van der Waals surface area contributed by atoms with Crippen LogP contribution in [0.15, 0.2) is 6.07 Å². The van der Waals surface area contributed by atoms with Crippen molar-refractivity contribution in [3.05, 3.63) is 16.5 Å². The van der Waals surface area contributed by atoms with Crippen LogP contribution in [0.25, 0.3) is 0 Å². The van der Waals surface area contributed by atoms with E-state index in [4.69, 9.17) is 5.73 Å². The second kappa shape index (κ2) is 6.24. The van der Waals surface area contributed by atoms with E-state index in [0.29, 0.717) is 18.0 Å². The van der Waals surface area contributed by atoms with Gasteiger partial charge in [-0.05, 0) is 36.9 Å². The summed E-state index contributed by atoms with van der Waals surface area (Å²) < 4.78 is 0. The van der Waals surface area contributed by atoms with Crippen molar-refractivity contribution in [2.24, 2.45) is 16.6 Å². The van der Waals surface area contributed by atoms with Crippen molar-refractivity contribution in [1.29, 1.82) is 0 Å². The van der Waals surface area contributed by atoms with E-state index in [9.17, 15) is 9.59 Å². The average molecular weight is 337 g/mol. The summed E-state index contributed by atoms with van der Waals surface area (Å²) in [5.74, 6) is -0.00411. The number of nitrogens with one attached hydrogen (secondary N) is 1. The van der Waals surface area contributed by atoms with Gasteiger partial charge in [-0.15, -0.1) is 11.3 Å². The van der Waals surface area contributed by atoms with Gasteiger partial charge in [0.2, 0.25) is 5.91 Å². The third-order valence-corrected chi connectivity index (χ3v) is 5.51. The SMILES string of the molecule is Cc1cc(NC(=O)C(C)(C)C)sc1C(=O)N1CCC(C)(CN)C1. The fraction of sp³-hybridized carbons (Fsp3) is 0.647. The highest BCUT2D eigenvalue weighted by Gasteiger charge is 2.36. The molecule has 0 radical (unpaired) electrons. The lowest BCUT2D eigenvalue weighted by molar-refractivity contribution is -0.123. The summed E-state index contributed by atoms with van der Waals surface area (Å²) in [6.45, 7) is 11.7. The number of anilines is 1. The van der Waals surface area contributed by atoms with Gasteiger partial charge in [-0.2, -0.15) is 0 Å². The summed E-state index contributed by atoms with van der Waals surface area (Å²) >= 11 is 1.35. The highest BCUT2D eigenvalue weighted by Crippen LogP contribution is 2.33. The molecule has 1 fully saturated rings. The highest BCUT2D eigenvalue weighted by molar-refractivity contribution is 7.18. The molecular formula is C17H27N3O2S. The number of hydrogen-bond donors (Lipinski definition) is 2. The second-order valence-electron chi connectivity index (χ2n) is 7.82. The van der Waals surface area contributed by atoms with Crippen LogP contribution in [-0.4, -0.2) is 36.3 Å². The summed E-state index contributed by atoms with van der Waals surface area (Å²) in [4.78, 5) is 27.4. The van der Waals surface area contributed by atoms with E-state index in [1.807, 2.05) is 38.7 Å². The first-order valence-electron chi connectivity index (χ1n) is 7.97. The molecule has 1 saturated heterocycles. The molecular weight excluding hydrogens is 310 g/mol. The third kappa shape index (κ3) is 3.93. The van der Waals surface area contributed by atoms with Crippen LogP contribution in [0.2, 0.25) is 0 Å². The van der Waals surface area contributed by atoms with Crippen LogP contribution in [0.3, 0.4) is 0 Å². The van der Waals surface area contributed by atoms with Gasteiger partial charge in [0.1, 0.15) is 0 Å². The van der Waals surface area contributed by atoms with Gasteiger partial charge in [-0.1, -0.05) is 27.7 Å². The van der Waals surface area contributed by atoms with Crippen LogP contribution < -0.4 is 11.1 Å². The zero-order valence-electron chi connectivity index (χ0n) is 14.7. The first kappa shape index (κ1) is 17.9. The molecule has 3 N–H and O–H groups in total. The summed E-state index contributed by atoms with van der Waals surface area (Å²) in [6.07, 6.45) is 0.938. The Kier molecular flexibility index (Phi) is 4.87. The quantitative estimate of drug-likeness (QED) is 0.890. The van der Waals surface area contributed by atoms with Gasteiger partial charge in [0.05, 0.1) is 9.88 Å². The van der Waals surface area contributed by atoms with Crippen molar-refractivity contribution < 1.29 is 9.59 Å². The third-order valence-electron chi connectivity index (χ3n) is 4.37. The number of amides is 2. The van der Waals surface area contributed by atoms with E-state index in [-0.39, 0.29) is 17.2 Å². The van der Waals surface area contributed by atoms with Crippen LogP contribution in [0.4, 0.5) is 5.00 Å². The first-order valence-corrected chi connectivity index (χ1v) is 8.79. The van der Waals surface area contributed by atoms with Crippen molar-refractivity contribution in [3.63, 3.8) is 0 Å². The predicted molar refractivity (Wildman–Crippen MR) is 94.8 cm³/mol. The zero-order chi connectivity index (χ0) is 17.4. The molecule has 23 heavy (non-hydrogen) atoms. The topological polar surface area (TPSA) is 75.4 Å². The molecule has 2 rings (SSSR count). The average Bonchev–Trinajstić information content (AvgIpc) is 3.01. The van der Waals surface area contributed by atoms with Crippen LogP contribution >= 0.6 is 11.3 Å². The van der Waals surface area contributed by atoms with Gasteiger partial charge in [0, 0.05) is 18.5 Å². The standard InChI is InChI=1S/C17H27N3O2S/c1-11-8-12(19-15(22)16(2,3)4)23-13(11)14(21)20-7-6-17(5,9-18)10-20/h8H,6-7,9-10,18H2,1-5H3,(H,19,22). The Morgan fingerprint density at radius 2 is 2.09 bits per heavy atom. The molecule has 0 aliphatic carbocycles. The Bertz CT molecular complexity index is 618. The van der Waals surface area contributed by atoms with Crippen molar-refractivity contribution in [2.75, 3.05) is 25.0 Å². The Morgan fingerprint density at radius 1 is 1.43 bits per heavy atom. The lowest BCUT2D eigenvalue weighted by Crippen LogP contribution is -2.34. The van der Waals surface area contributed by atoms with E-state index >= 15 is 0 Å². The van der Waals surface area contributed by atoms with Crippen LogP contribution in [0, 0.1) is 17.8 Å². The van der Waals surface area contributed by atoms with E-state index in [1.54, 1.807) is 0 Å². The number of carbonyl (C=O) groups excluding carboxylic acids is 2. The van der Waals surface area contributed by atoms with E-state index in [1.165, 1.54) is 11.3 Å². The van der Waals surface area contributed by atoms with Gasteiger partial charge >= 0.3 is 0 Å². The molecule has 1 aromatic heterocycles. The van der Waals surface area contributed by atoms with E-state index < -0.39 is 5.41 Å². The molecule has 1 atom stereocenters. The molecule has 1 aromatic rings. The fourth-order valence-corrected chi connectivity index (χ4v) is 3.60. The number of nitrogens with two attached hydrogens (primary N) is 1. The van der Waals surface area contributed by atoms with E-state index in [2.05, 4.69) is 12.2 Å². The van der Waals surface area contributed by atoms with Gasteiger partial charge < -0.3 is 16.0 Å². The molecule has 2 amide bonds. The van der Waals surface area contributed by atoms with Crippen LogP contribution in [0.5, 0.6) is 0 Å². The van der Waals surface area contributed by atoms with Gasteiger partial charge in [0.15, 0.2) is 0 Å². The van der Waals surface area contributed by atoms with Crippen LogP contribution in [0.1, 0.15) is 49.4 Å². The lowest BCUT2D eigenvalue weighted by Gasteiger charge is -2.22. The highest BCUT2D eigenvalue weighted by atomic mass is 32.1. The molecule has 5 nitrogen and oxygen atoms in total. The number of likely N-dealkylation sites (tertiary alicyclic amines) is 1. The van der Waals surface area contributed by atoms with Crippen molar-refractivity contribution in [2.45, 2.75) is 41.0 Å². The van der Waals surface area contributed by atoms with Gasteiger partial charge in [0.25, 0.3) is 5.91 Å². The molecule has 1 aliphatic rings. The van der Waals surface area contributed by atoms with Gasteiger partial charge in [-0.3, -0.25) is 9.59 Å². The number of rotatable bonds is 3. The minimum absolute atomic E-state index is 0.0180. The Hall–Kier alpha value is -1.40. The molecule has 0 saturated carbocycles. The maximum atomic E-state index is 12.8. The Balaban J connectivity index is 2.12. The fourth-order valence-electron chi connectivity index (χ4n) is 2.56. The molecule has 0 bridgehead atoms. The molecule has 2 heterocycles. The zero-order valence-corrected chi connectivity index (χ0v) is 15.5. The summed E-state index contributed by atoms with van der Waals surface area (Å²) in [7, 11) is 0. The van der Waals surface area contributed by atoms with Crippen molar-refractivity contribution in [3.8, 4) is 0 Å². The minimum Gasteiger partial charge on any atom is -0.337 e. The molecule has 1 unspecified atom stereocenters. The largest absolute Gasteiger partial charge is 0.337 e. The molecule has 0 aromatic carbocycles. The smallest absolute Gasteiger partial charge is 0.264 e. The first-order chi connectivity index (χ1) is 10.6.